The molecular weight excluding hydrogens is 180 g/mol. The van der Waals surface area contributed by atoms with E-state index < -0.39 is 6.61 Å². The molecule has 0 amide bonds. The van der Waals surface area contributed by atoms with Crippen molar-refractivity contribution in [3.63, 3.8) is 0 Å². The Labute approximate surface area is 71.9 Å². The molecule has 0 fully saturated rings. The molecule has 13 heavy (non-hydrogen) atoms. The van der Waals surface area contributed by atoms with Crippen LogP contribution in [-0.4, -0.2) is 11.6 Å². The zero-order valence-electron chi connectivity index (χ0n) is 6.41. The van der Waals surface area contributed by atoms with Crippen LogP contribution in [0.3, 0.4) is 0 Å². The zero-order chi connectivity index (χ0) is 9.26. The highest BCUT2D eigenvalue weighted by Gasteiger charge is 2.10. The van der Waals surface area contributed by atoms with E-state index in [2.05, 4.69) is 9.72 Å². The number of oxazole rings is 1. The number of aromatic nitrogens is 1. The highest BCUT2D eigenvalue weighted by atomic mass is 19.3. The molecule has 1 aromatic carbocycles. The quantitative estimate of drug-likeness (QED) is 0.720. The average molecular weight is 185 g/mol. The Balaban J connectivity index is 2.48. The predicted molar refractivity (Wildman–Crippen MR) is 40.6 cm³/mol. The number of para-hydroxylation sites is 1. The number of fused-ring (bicyclic) bond motifs is 1. The topological polar surface area (TPSA) is 35.3 Å². The molecule has 0 spiro atoms. The summed E-state index contributed by atoms with van der Waals surface area (Å²) in [6.07, 6.45) is 1.18. The maximum atomic E-state index is 11.9. The first-order valence-corrected chi connectivity index (χ1v) is 3.54. The third-order valence-corrected chi connectivity index (χ3v) is 1.54. The number of hydrogen-bond donors (Lipinski definition) is 0. The normalized spacial score (nSPS) is 11.0. The number of hydrogen-bond acceptors (Lipinski definition) is 3. The fraction of sp³-hybridized carbons (Fsp3) is 0.125. The van der Waals surface area contributed by atoms with Gasteiger partial charge in [0, 0.05) is 0 Å². The monoisotopic (exact) mass is 185 g/mol. The van der Waals surface area contributed by atoms with E-state index in [0.29, 0.717) is 11.1 Å². The molecule has 0 saturated heterocycles. The number of halogens is 2. The largest absolute Gasteiger partial charge is 0.443 e. The third kappa shape index (κ3) is 1.44. The lowest BCUT2D eigenvalue weighted by molar-refractivity contribution is -0.0489. The highest BCUT2D eigenvalue weighted by molar-refractivity contribution is 5.79. The van der Waals surface area contributed by atoms with Crippen LogP contribution in [0.15, 0.2) is 29.0 Å². The van der Waals surface area contributed by atoms with Gasteiger partial charge in [-0.15, -0.1) is 0 Å². The fourth-order valence-corrected chi connectivity index (χ4v) is 1.05. The second kappa shape index (κ2) is 3.01. The minimum atomic E-state index is -2.85. The summed E-state index contributed by atoms with van der Waals surface area (Å²) in [5.74, 6) is 0.0289. The van der Waals surface area contributed by atoms with Gasteiger partial charge in [0.05, 0.1) is 0 Å². The Morgan fingerprint density at radius 2 is 2.23 bits per heavy atom. The minimum absolute atomic E-state index is 0.0289. The van der Waals surface area contributed by atoms with Crippen LogP contribution in [0.5, 0.6) is 5.75 Å². The Morgan fingerprint density at radius 3 is 3.00 bits per heavy atom. The highest BCUT2D eigenvalue weighted by Crippen LogP contribution is 2.24. The first-order valence-electron chi connectivity index (χ1n) is 3.54. The first-order chi connectivity index (χ1) is 6.27. The SMILES string of the molecule is FC(F)Oc1cccc2ocnc12. The van der Waals surface area contributed by atoms with Crippen molar-refractivity contribution in [2.75, 3.05) is 0 Å². The molecule has 3 nitrogen and oxygen atoms in total. The van der Waals surface area contributed by atoms with Crippen molar-refractivity contribution in [2.45, 2.75) is 6.61 Å². The molecule has 0 unspecified atom stereocenters. The summed E-state index contributed by atoms with van der Waals surface area (Å²) in [5, 5.41) is 0. The Morgan fingerprint density at radius 1 is 1.38 bits per heavy atom. The van der Waals surface area contributed by atoms with Crippen LogP contribution in [0.4, 0.5) is 8.78 Å². The van der Waals surface area contributed by atoms with Gasteiger partial charge in [0.25, 0.3) is 0 Å². The lowest BCUT2D eigenvalue weighted by atomic mass is 10.3. The van der Waals surface area contributed by atoms with Gasteiger partial charge in [-0.05, 0) is 12.1 Å². The summed E-state index contributed by atoms with van der Waals surface area (Å²) in [5.41, 5.74) is 0.737. The Kier molecular flexibility index (Phi) is 1.84. The minimum Gasteiger partial charge on any atom is -0.443 e. The molecule has 0 aliphatic heterocycles. The number of alkyl halides is 2. The molecule has 0 bridgehead atoms. The Hall–Kier alpha value is -1.65. The average Bonchev–Trinajstić information content (AvgIpc) is 2.51. The van der Waals surface area contributed by atoms with Gasteiger partial charge in [-0.25, -0.2) is 4.98 Å². The first kappa shape index (κ1) is 7.97. The van der Waals surface area contributed by atoms with E-state index in [0.717, 1.165) is 0 Å². The summed E-state index contributed by atoms with van der Waals surface area (Å²) in [4.78, 5) is 3.75. The molecule has 68 valence electrons. The predicted octanol–water partition coefficient (Wildman–Crippen LogP) is 2.43. The van der Waals surface area contributed by atoms with Crippen molar-refractivity contribution in [3.05, 3.63) is 24.6 Å². The molecule has 2 aromatic rings. The zero-order valence-corrected chi connectivity index (χ0v) is 6.41. The van der Waals surface area contributed by atoms with E-state index in [9.17, 15) is 8.78 Å². The van der Waals surface area contributed by atoms with Crippen molar-refractivity contribution in [3.8, 4) is 5.75 Å². The van der Waals surface area contributed by atoms with Crippen molar-refractivity contribution >= 4 is 11.1 Å². The smallest absolute Gasteiger partial charge is 0.387 e. The van der Waals surface area contributed by atoms with Gasteiger partial charge in [-0.1, -0.05) is 6.07 Å². The molecule has 2 rings (SSSR count). The molecule has 0 aliphatic rings. The van der Waals surface area contributed by atoms with Crippen LogP contribution in [0.2, 0.25) is 0 Å². The van der Waals surface area contributed by atoms with Crippen LogP contribution >= 0.6 is 0 Å². The van der Waals surface area contributed by atoms with E-state index in [4.69, 9.17) is 4.42 Å². The summed E-state index contributed by atoms with van der Waals surface area (Å²) in [6.45, 7) is -2.85. The third-order valence-electron chi connectivity index (χ3n) is 1.54. The van der Waals surface area contributed by atoms with E-state index in [1.807, 2.05) is 0 Å². The van der Waals surface area contributed by atoms with Crippen LogP contribution in [0.25, 0.3) is 11.1 Å². The summed E-state index contributed by atoms with van der Waals surface area (Å²) < 4.78 is 32.9. The van der Waals surface area contributed by atoms with Gasteiger partial charge >= 0.3 is 6.61 Å². The summed E-state index contributed by atoms with van der Waals surface area (Å²) in [6, 6.07) is 4.60. The van der Waals surface area contributed by atoms with Gasteiger partial charge in [0.1, 0.15) is 0 Å². The number of nitrogens with zero attached hydrogens (tertiary/aromatic N) is 1. The maximum Gasteiger partial charge on any atom is 0.387 e. The lowest BCUT2D eigenvalue weighted by Crippen LogP contribution is -2.01. The number of ether oxygens (including phenoxy) is 1. The van der Waals surface area contributed by atoms with E-state index in [1.165, 1.54) is 12.5 Å². The fourth-order valence-electron chi connectivity index (χ4n) is 1.05. The van der Waals surface area contributed by atoms with Gasteiger partial charge in [-0.2, -0.15) is 8.78 Å². The van der Waals surface area contributed by atoms with Crippen molar-refractivity contribution in [1.82, 2.24) is 4.98 Å². The standard InChI is InChI=1S/C8H5F2NO2/c9-8(10)13-6-3-1-2-5-7(6)11-4-12-5/h1-4,8H. The maximum absolute atomic E-state index is 11.9. The summed E-state index contributed by atoms with van der Waals surface area (Å²) >= 11 is 0. The molecule has 1 aromatic heterocycles. The van der Waals surface area contributed by atoms with Gasteiger partial charge in [0.2, 0.25) is 0 Å². The molecule has 0 saturated carbocycles. The number of benzene rings is 1. The molecular formula is C8H5F2NO2. The van der Waals surface area contributed by atoms with Gasteiger partial charge < -0.3 is 9.15 Å². The van der Waals surface area contributed by atoms with E-state index in [-0.39, 0.29) is 5.75 Å². The van der Waals surface area contributed by atoms with Crippen molar-refractivity contribution in [2.24, 2.45) is 0 Å². The van der Waals surface area contributed by atoms with Crippen LogP contribution in [0.1, 0.15) is 0 Å². The molecule has 0 aliphatic carbocycles. The van der Waals surface area contributed by atoms with Gasteiger partial charge in [0.15, 0.2) is 23.2 Å². The van der Waals surface area contributed by atoms with Crippen LogP contribution < -0.4 is 4.74 Å². The Bertz CT molecular complexity index is 413. The van der Waals surface area contributed by atoms with Crippen LogP contribution in [0, 0.1) is 0 Å². The molecule has 5 heteroatoms. The second-order valence-electron chi connectivity index (χ2n) is 2.33. The lowest BCUT2D eigenvalue weighted by Gasteiger charge is -2.02. The second-order valence-corrected chi connectivity index (χ2v) is 2.33. The molecule has 1 heterocycles. The van der Waals surface area contributed by atoms with Crippen molar-refractivity contribution < 1.29 is 17.9 Å². The van der Waals surface area contributed by atoms with E-state index in [1.54, 1.807) is 12.1 Å². The summed E-state index contributed by atoms with van der Waals surface area (Å²) in [7, 11) is 0. The van der Waals surface area contributed by atoms with E-state index >= 15 is 0 Å². The van der Waals surface area contributed by atoms with Crippen molar-refractivity contribution in [1.29, 1.82) is 0 Å². The van der Waals surface area contributed by atoms with Crippen LogP contribution in [-0.2, 0) is 0 Å². The molecule has 0 atom stereocenters. The molecule has 0 radical (unpaired) electrons. The molecule has 0 N–H and O–H groups in total. The number of rotatable bonds is 2. The van der Waals surface area contributed by atoms with Gasteiger partial charge in [-0.3, -0.25) is 0 Å².